The monoisotopic (exact) mass is 636 g/mol. The van der Waals surface area contributed by atoms with Gasteiger partial charge in [0.15, 0.2) is 5.75 Å². The number of para-hydroxylation sites is 1. The lowest BCUT2D eigenvalue weighted by Gasteiger charge is -2.26. The fraction of sp³-hybridized carbons (Fsp3) is 0.333. The second-order valence-electron chi connectivity index (χ2n) is 11.1. The van der Waals surface area contributed by atoms with Crippen LogP contribution in [0.25, 0.3) is 21.8 Å². The number of nitrogens with two attached hydrogens (primary N) is 1. The van der Waals surface area contributed by atoms with Crippen LogP contribution in [0.3, 0.4) is 0 Å². The number of aromatic nitrogens is 1. The van der Waals surface area contributed by atoms with E-state index in [0.29, 0.717) is 11.1 Å². The summed E-state index contributed by atoms with van der Waals surface area (Å²) in [5, 5.41) is -0.694. The van der Waals surface area contributed by atoms with Crippen molar-refractivity contribution < 1.29 is 39.0 Å². The molecule has 0 aliphatic rings. The number of sulfone groups is 1. The van der Waals surface area contributed by atoms with Gasteiger partial charge in [0, 0.05) is 5.39 Å². The molecule has 3 aromatic carbocycles. The molecule has 0 fully saturated rings. The Hall–Kier alpha value is -3.71. The second-order valence-corrected chi connectivity index (χ2v) is 14.5. The molecule has 1 aromatic heterocycles. The van der Waals surface area contributed by atoms with Gasteiger partial charge in [0.1, 0.15) is 0 Å². The topological polar surface area (TPSA) is 133 Å². The van der Waals surface area contributed by atoms with Crippen LogP contribution in [0.2, 0.25) is 0 Å². The zero-order chi connectivity index (χ0) is 32.2. The molecule has 0 radical (unpaired) electrons. The number of primary amides is 1. The van der Waals surface area contributed by atoms with Crippen molar-refractivity contribution in [2.75, 3.05) is 0 Å². The van der Waals surface area contributed by atoms with Crippen molar-refractivity contribution in [2.24, 2.45) is 5.73 Å². The van der Waals surface area contributed by atoms with Gasteiger partial charge in [-0.2, -0.15) is 21.6 Å². The van der Waals surface area contributed by atoms with Crippen LogP contribution in [0.5, 0.6) is 5.75 Å². The number of benzene rings is 3. The van der Waals surface area contributed by atoms with E-state index in [1.807, 2.05) is 13.8 Å². The molecule has 0 saturated carbocycles. The first-order valence-corrected chi connectivity index (χ1v) is 16.3. The second kappa shape index (κ2) is 11.1. The number of pyridine rings is 1. The molecule has 2 N–H and O–H groups in total. The largest absolute Gasteiger partial charge is 0.534 e. The summed E-state index contributed by atoms with van der Waals surface area (Å²) in [6.45, 7) is 10.5. The zero-order valence-corrected chi connectivity index (χ0v) is 25.9. The average molecular weight is 637 g/mol. The Bertz CT molecular complexity index is 1970. The van der Waals surface area contributed by atoms with Crippen molar-refractivity contribution >= 4 is 47.7 Å². The highest BCUT2D eigenvalue weighted by Gasteiger charge is 2.49. The van der Waals surface area contributed by atoms with E-state index in [2.05, 4.69) is 0 Å². The van der Waals surface area contributed by atoms with E-state index in [9.17, 15) is 34.8 Å². The van der Waals surface area contributed by atoms with Crippen molar-refractivity contribution in [3.05, 3.63) is 70.8 Å². The molecule has 8 nitrogen and oxygen atoms in total. The summed E-state index contributed by atoms with van der Waals surface area (Å²) in [4.78, 5) is 17.4. The minimum absolute atomic E-state index is 0.0764. The summed E-state index contributed by atoms with van der Waals surface area (Å²) in [5.41, 5.74) is 0.419. The molecule has 0 bridgehead atoms. The van der Waals surface area contributed by atoms with Gasteiger partial charge in [0.25, 0.3) is 5.91 Å². The number of carbonyl (C=O) groups excluding carboxylic acids is 1. The third-order valence-corrected chi connectivity index (χ3v) is 9.90. The summed E-state index contributed by atoms with van der Waals surface area (Å²) >= 11 is 0. The quantitative estimate of drug-likeness (QED) is 0.126. The number of halogens is 3. The van der Waals surface area contributed by atoms with E-state index in [-0.39, 0.29) is 32.8 Å². The molecule has 4 aromatic rings. The van der Waals surface area contributed by atoms with E-state index < -0.39 is 64.8 Å². The molecule has 0 unspecified atom stereocenters. The van der Waals surface area contributed by atoms with E-state index in [0.717, 1.165) is 0 Å². The van der Waals surface area contributed by atoms with Crippen molar-refractivity contribution in [1.29, 1.82) is 0 Å². The molecule has 0 spiro atoms. The highest BCUT2D eigenvalue weighted by atomic mass is 32.2. The lowest BCUT2D eigenvalue weighted by atomic mass is 9.85. The van der Waals surface area contributed by atoms with E-state index >= 15 is 0 Å². The Morgan fingerprint density at radius 2 is 1.40 bits per heavy atom. The molecule has 0 saturated heterocycles. The number of carbonyl (C=O) groups is 1. The average Bonchev–Trinajstić information content (AvgIpc) is 2.90. The molecule has 43 heavy (non-hydrogen) atoms. The standard InChI is InChI=1S/C30H31F3N2O6S2/c1-15(2)19-13-10-14-20-25(19)35-26-21(16(3)4)22(17(5)6)28(42(37,38)18-11-8-7-9-12-18)24(29(34)36)23(26)27(20)41-43(39,40)30(31,32)33/h7-17H,1-6H3,(H2,34,36). The van der Waals surface area contributed by atoms with Gasteiger partial charge in [0.05, 0.1) is 31.8 Å². The predicted octanol–water partition coefficient (Wildman–Crippen LogP) is 6.92. The highest BCUT2D eigenvalue weighted by molar-refractivity contribution is 7.91. The minimum Gasteiger partial charge on any atom is -0.375 e. The minimum atomic E-state index is -6.30. The molecule has 0 aliphatic carbocycles. The van der Waals surface area contributed by atoms with Gasteiger partial charge < -0.3 is 9.92 Å². The molecule has 230 valence electrons. The molecule has 0 atom stereocenters. The van der Waals surface area contributed by atoms with Gasteiger partial charge in [-0.3, -0.25) is 4.79 Å². The summed E-state index contributed by atoms with van der Waals surface area (Å²) in [5.74, 6) is -3.44. The highest BCUT2D eigenvalue weighted by Crippen LogP contribution is 2.48. The maximum atomic E-state index is 14.3. The first-order valence-electron chi connectivity index (χ1n) is 13.4. The molecule has 1 heterocycles. The maximum absolute atomic E-state index is 14.3. The fourth-order valence-corrected chi connectivity index (χ4v) is 7.65. The number of nitrogens with zero attached hydrogens (tertiary/aromatic N) is 1. The molecular formula is C30H31F3N2O6S2. The predicted molar refractivity (Wildman–Crippen MR) is 158 cm³/mol. The molecular weight excluding hydrogens is 605 g/mol. The lowest BCUT2D eigenvalue weighted by Crippen LogP contribution is -2.29. The van der Waals surface area contributed by atoms with Crippen molar-refractivity contribution in [2.45, 2.75) is 74.6 Å². The van der Waals surface area contributed by atoms with Crippen molar-refractivity contribution in [1.82, 2.24) is 4.98 Å². The number of amides is 1. The van der Waals surface area contributed by atoms with Gasteiger partial charge in [-0.25, -0.2) is 13.4 Å². The fourth-order valence-electron chi connectivity index (χ4n) is 5.30. The SMILES string of the molecule is CC(C)c1c(S(=O)(=O)c2ccccc2)c(C(N)=O)c2c(OS(=O)(=O)C(F)(F)F)c3cccc(C(C)C)c3nc2c1C(C)C. The lowest BCUT2D eigenvalue weighted by molar-refractivity contribution is -0.0499. The van der Waals surface area contributed by atoms with Crippen LogP contribution in [-0.4, -0.2) is 33.2 Å². The molecule has 1 amide bonds. The van der Waals surface area contributed by atoms with Crippen LogP contribution < -0.4 is 9.92 Å². The Kier molecular flexibility index (Phi) is 8.31. The number of alkyl halides is 3. The van der Waals surface area contributed by atoms with Crippen molar-refractivity contribution in [3.63, 3.8) is 0 Å². The van der Waals surface area contributed by atoms with E-state index in [4.69, 9.17) is 14.9 Å². The van der Waals surface area contributed by atoms with Gasteiger partial charge >= 0.3 is 15.6 Å². The first kappa shape index (κ1) is 32.2. The van der Waals surface area contributed by atoms with Crippen LogP contribution >= 0.6 is 0 Å². The Balaban J connectivity index is 2.46. The third kappa shape index (κ3) is 5.44. The van der Waals surface area contributed by atoms with Crippen molar-refractivity contribution in [3.8, 4) is 5.75 Å². The number of hydrogen-bond acceptors (Lipinski definition) is 7. The van der Waals surface area contributed by atoms with Gasteiger partial charge in [0.2, 0.25) is 9.84 Å². The number of fused-ring (bicyclic) bond motifs is 2. The van der Waals surface area contributed by atoms with Gasteiger partial charge in [-0.15, -0.1) is 0 Å². The molecule has 0 aliphatic heterocycles. The number of hydrogen-bond donors (Lipinski definition) is 1. The maximum Gasteiger partial charge on any atom is 0.534 e. The van der Waals surface area contributed by atoms with Crippen LogP contribution in [0.1, 0.15) is 86.3 Å². The van der Waals surface area contributed by atoms with Crippen LogP contribution in [0, 0.1) is 0 Å². The van der Waals surface area contributed by atoms with Gasteiger partial charge in [-0.1, -0.05) is 71.9 Å². The summed E-state index contributed by atoms with van der Waals surface area (Å²) in [7, 11) is -10.9. The Labute approximate surface area is 248 Å². The molecule has 4 rings (SSSR count). The summed E-state index contributed by atoms with van der Waals surface area (Å²) < 4.78 is 99.6. The van der Waals surface area contributed by atoms with Crippen LogP contribution in [0.4, 0.5) is 13.2 Å². The van der Waals surface area contributed by atoms with Gasteiger partial charge in [-0.05, 0) is 52.6 Å². The van der Waals surface area contributed by atoms with Crippen LogP contribution in [0.15, 0.2) is 58.3 Å². The first-order chi connectivity index (χ1) is 19.8. The Morgan fingerprint density at radius 1 is 0.814 bits per heavy atom. The van der Waals surface area contributed by atoms with E-state index in [1.54, 1.807) is 39.8 Å². The Morgan fingerprint density at radius 3 is 1.88 bits per heavy atom. The smallest absolute Gasteiger partial charge is 0.375 e. The number of rotatable bonds is 8. The van der Waals surface area contributed by atoms with E-state index in [1.165, 1.54) is 36.4 Å². The summed E-state index contributed by atoms with van der Waals surface area (Å²) in [6, 6.07) is 11.6. The summed E-state index contributed by atoms with van der Waals surface area (Å²) in [6.07, 6.45) is 0. The third-order valence-electron chi connectivity index (χ3n) is 7.09. The molecule has 13 heteroatoms. The van der Waals surface area contributed by atoms with Crippen LogP contribution in [-0.2, 0) is 20.0 Å². The normalized spacial score (nSPS) is 13.0. The zero-order valence-electron chi connectivity index (χ0n) is 24.3.